The van der Waals surface area contributed by atoms with Crippen LogP contribution in [0, 0.1) is 0 Å². The van der Waals surface area contributed by atoms with E-state index in [0.29, 0.717) is 0 Å². The summed E-state index contributed by atoms with van der Waals surface area (Å²) in [6, 6.07) is 71.4. The summed E-state index contributed by atoms with van der Waals surface area (Å²) in [6.07, 6.45) is 20.8. The third-order valence-electron chi connectivity index (χ3n) is 14.6. The van der Waals surface area contributed by atoms with Crippen LogP contribution in [0.4, 0.5) is 11.4 Å². The maximum absolute atomic E-state index is 2.46. The molecule has 0 radical (unpaired) electrons. The highest BCUT2D eigenvalue weighted by Crippen LogP contribution is 2.54. The topological polar surface area (TPSA) is 6.25 Å². The van der Waals surface area contributed by atoms with E-state index in [9.17, 15) is 0 Å². The molecule has 10 rings (SSSR count). The first kappa shape index (κ1) is 44.3. The lowest BCUT2D eigenvalue weighted by Gasteiger charge is -2.34. The summed E-state index contributed by atoms with van der Waals surface area (Å²) in [7, 11) is 4.52. The van der Waals surface area contributed by atoms with Gasteiger partial charge in [-0.1, -0.05) is 219 Å². The molecule has 8 aromatic rings. The zero-order chi connectivity index (χ0) is 46.5. The average molecular weight is 882 g/mol. The molecule has 0 amide bonds. The number of hydrogen-bond donors (Lipinski definition) is 0. The lowest BCUT2D eigenvalue weighted by atomic mass is 9.67. The van der Waals surface area contributed by atoms with E-state index in [4.69, 9.17) is 0 Å². The minimum absolute atomic E-state index is 0.290. The molecule has 2 heterocycles. The highest BCUT2D eigenvalue weighted by molar-refractivity contribution is 6.08. The first-order valence-electron chi connectivity index (χ1n) is 24.4. The van der Waals surface area contributed by atoms with E-state index in [1.54, 1.807) is 0 Å². The number of likely N-dealkylation sites (N-methyl/N-ethyl adjacent to an activating group) is 1. The Bertz CT molecular complexity index is 3190. The van der Waals surface area contributed by atoms with Crippen LogP contribution < -0.4 is 4.90 Å². The third kappa shape index (κ3) is 8.52. The van der Waals surface area contributed by atoms with Gasteiger partial charge in [-0.05, 0) is 112 Å². The molecule has 8 aromatic carbocycles. The van der Waals surface area contributed by atoms with Crippen molar-refractivity contribution in [2.75, 3.05) is 19.0 Å². The standard InChI is InChI=1S/C66H61N2/c1-5-50(33-23-39-62-66(47-53-29-14-8-15-30-53,48-54-31-16-9-17-32-54)64-58-37-21-19-35-56(58)41-43-60(64)68(62)4)44-49(2)24-22-38-61-65(45-51-25-10-6-11-26-51,46-52-27-12-7-13-28-52)63-57-36-20-18-34-55(57)40-42-59(63)67(61)3/h6-44H,5,45-48H2,1-4H3/q+1. The molecule has 2 nitrogen and oxygen atoms in total. The fraction of sp³-hybridized carbons (Fsp3) is 0.167. The fourth-order valence-corrected chi connectivity index (χ4v) is 11.6. The van der Waals surface area contributed by atoms with Crippen LogP contribution in [0.1, 0.15) is 53.6 Å². The molecule has 0 N–H and O–H groups in total. The van der Waals surface area contributed by atoms with E-state index < -0.39 is 0 Å². The van der Waals surface area contributed by atoms with Crippen molar-refractivity contribution in [3.63, 3.8) is 0 Å². The number of benzene rings is 8. The summed E-state index contributed by atoms with van der Waals surface area (Å²) in [6.45, 7) is 4.49. The van der Waals surface area contributed by atoms with E-state index in [1.807, 2.05) is 0 Å². The number of anilines is 1. The van der Waals surface area contributed by atoms with Crippen molar-refractivity contribution in [3.05, 3.63) is 287 Å². The van der Waals surface area contributed by atoms with E-state index in [-0.39, 0.29) is 10.8 Å². The van der Waals surface area contributed by atoms with Gasteiger partial charge in [-0.2, -0.15) is 4.58 Å². The Labute approximate surface area is 404 Å². The van der Waals surface area contributed by atoms with Gasteiger partial charge in [0.05, 0.1) is 5.41 Å². The van der Waals surface area contributed by atoms with Gasteiger partial charge in [-0.15, -0.1) is 0 Å². The molecule has 0 atom stereocenters. The zero-order valence-electron chi connectivity index (χ0n) is 39.9. The van der Waals surface area contributed by atoms with Crippen LogP contribution in [0.15, 0.2) is 253 Å². The molecule has 334 valence electrons. The summed E-state index contributed by atoms with van der Waals surface area (Å²) < 4.78 is 2.46. The smallest absolute Gasteiger partial charge is 0.210 e. The Balaban J connectivity index is 1.02. The van der Waals surface area contributed by atoms with Gasteiger partial charge in [-0.3, -0.25) is 0 Å². The molecule has 0 spiro atoms. The Kier molecular flexibility index (Phi) is 12.6. The second-order valence-electron chi connectivity index (χ2n) is 18.9. The van der Waals surface area contributed by atoms with E-state index in [2.05, 4.69) is 274 Å². The van der Waals surface area contributed by atoms with Crippen molar-refractivity contribution < 1.29 is 4.58 Å². The molecule has 0 fully saturated rings. The van der Waals surface area contributed by atoms with E-state index in [0.717, 1.165) is 32.1 Å². The lowest BCUT2D eigenvalue weighted by Crippen LogP contribution is -2.39. The predicted octanol–water partition coefficient (Wildman–Crippen LogP) is 15.6. The van der Waals surface area contributed by atoms with Crippen LogP contribution >= 0.6 is 0 Å². The molecule has 0 bridgehead atoms. The largest absolute Gasteiger partial charge is 0.347 e. The summed E-state index contributed by atoms with van der Waals surface area (Å²) >= 11 is 0. The van der Waals surface area contributed by atoms with Crippen LogP contribution in [-0.2, 0) is 36.5 Å². The van der Waals surface area contributed by atoms with Crippen LogP contribution in [-0.4, -0.2) is 24.4 Å². The van der Waals surface area contributed by atoms with Crippen molar-refractivity contribution >= 4 is 38.6 Å². The van der Waals surface area contributed by atoms with Crippen molar-refractivity contribution in [1.82, 2.24) is 0 Å². The summed E-state index contributed by atoms with van der Waals surface area (Å²) in [5.74, 6) is 0. The van der Waals surface area contributed by atoms with Crippen molar-refractivity contribution in [2.24, 2.45) is 0 Å². The van der Waals surface area contributed by atoms with Gasteiger partial charge in [0.15, 0.2) is 5.71 Å². The van der Waals surface area contributed by atoms with E-state index >= 15 is 0 Å². The minimum atomic E-state index is -0.290. The maximum atomic E-state index is 2.46. The highest BCUT2D eigenvalue weighted by atomic mass is 15.2. The maximum Gasteiger partial charge on any atom is 0.210 e. The monoisotopic (exact) mass is 881 g/mol. The van der Waals surface area contributed by atoms with Crippen LogP contribution in [0.5, 0.6) is 0 Å². The SMILES string of the molecule is CCC(C=C(C)C=CC=C1N(C)c2ccc3ccccc3c2C1(Cc1ccccc1)Cc1ccccc1)=CC=CC1=[N+](C)c2ccc3ccccc3c2C1(Cc1ccccc1)Cc1ccccc1. The molecule has 2 heteroatoms. The fourth-order valence-electron chi connectivity index (χ4n) is 11.6. The molecule has 2 aliphatic heterocycles. The van der Waals surface area contributed by atoms with Gasteiger partial charge in [0, 0.05) is 41.6 Å². The number of rotatable bonds is 14. The predicted molar refractivity (Wildman–Crippen MR) is 290 cm³/mol. The molecule has 0 saturated heterocycles. The summed E-state index contributed by atoms with van der Waals surface area (Å²) in [5.41, 5.74) is 15.3. The van der Waals surface area contributed by atoms with Crippen LogP contribution in [0.2, 0.25) is 0 Å². The second kappa shape index (κ2) is 19.4. The van der Waals surface area contributed by atoms with Gasteiger partial charge in [0.2, 0.25) is 5.69 Å². The molecular formula is C66H61N2+. The summed E-state index contributed by atoms with van der Waals surface area (Å²) in [4.78, 5) is 2.45. The Morgan fingerprint density at radius 2 is 1.00 bits per heavy atom. The number of nitrogens with zero attached hydrogens (tertiary/aromatic N) is 2. The van der Waals surface area contributed by atoms with Crippen LogP contribution in [0.3, 0.4) is 0 Å². The molecule has 68 heavy (non-hydrogen) atoms. The zero-order valence-corrected chi connectivity index (χ0v) is 39.9. The van der Waals surface area contributed by atoms with E-state index in [1.165, 1.54) is 88.9 Å². The highest BCUT2D eigenvalue weighted by Gasteiger charge is 2.51. The van der Waals surface area contributed by atoms with Crippen molar-refractivity contribution in [2.45, 2.75) is 56.8 Å². The lowest BCUT2D eigenvalue weighted by molar-refractivity contribution is -0.401. The van der Waals surface area contributed by atoms with Gasteiger partial charge in [0.1, 0.15) is 7.05 Å². The molecule has 0 unspecified atom stereocenters. The molecule has 2 aliphatic rings. The molecule has 0 aliphatic carbocycles. The first-order valence-corrected chi connectivity index (χ1v) is 24.4. The number of allylic oxidation sites excluding steroid dienone is 10. The number of hydrogen-bond acceptors (Lipinski definition) is 1. The Morgan fingerprint density at radius 1 is 0.529 bits per heavy atom. The first-order chi connectivity index (χ1) is 33.4. The molecule has 0 aromatic heterocycles. The quantitative estimate of drug-likeness (QED) is 0.0779. The number of fused-ring (bicyclic) bond motifs is 6. The second-order valence-corrected chi connectivity index (χ2v) is 18.9. The summed E-state index contributed by atoms with van der Waals surface area (Å²) in [5, 5.41) is 5.22. The van der Waals surface area contributed by atoms with Gasteiger partial charge in [-0.25, -0.2) is 0 Å². The minimum Gasteiger partial charge on any atom is -0.347 e. The van der Waals surface area contributed by atoms with Gasteiger partial charge in [0.25, 0.3) is 0 Å². The van der Waals surface area contributed by atoms with Gasteiger partial charge < -0.3 is 4.90 Å². The molecule has 0 saturated carbocycles. The Hall–Kier alpha value is -7.55. The normalized spacial score (nSPS) is 16.2. The molecular weight excluding hydrogens is 821 g/mol. The Morgan fingerprint density at radius 3 is 1.53 bits per heavy atom. The average Bonchev–Trinajstić information content (AvgIpc) is 3.74. The van der Waals surface area contributed by atoms with Crippen LogP contribution in [0.25, 0.3) is 21.5 Å². The van der Waals surface area contributed by atoms with Crippen molar-refractivity contribution in [3.8, 4) is 0 Å². The third-order valence-corrected chi connectivity index (χ3v) is 14.6. The van der Waals surface area contributed by atoms with Crippen molar-refractivity contribution in [1.29, 1.82) is 0 Å². The van der Waals surface area contributed by atoms with Gasteiger partial charge >= 0.3 is 0 Å².